The molecule has 0 amide bonds. The molecule has 2 heterocycles. The predicted molar refractivity (Wildman–Crippen MR) is 111 cm³/mol. The van der Waals surface area contributed by atoms with Crippen LogP contribution in [-0.4, -0.2) is 55.4 Å². The van der Waals surface area contributed by atoms with Gasteiger partial charge in [-0.25, -0.2) is 13.4 Å². The number of ether oxygens (including phenoxy) is 1. The van der Waals surface area contributed by atoms with E-state index in [4.69, 9.17) is 4.74 Å². The molecule has 0 unspecified atom stereocenters. The van der Waals surface area contributed by atoms with E-state index < -0.39 is 10.0 Å². The van der Waals surface area contributed by atoms with Crippen LogP contribution in [0.15, 0.2) is 53.4 Å². The Kier molecular flexibility index (Phi) is 5.63. The van der Waals surface area contributed by atoms with Crippen molar-refractivity contribution in [3.8, 4) is 5.75 Å². The molecule has 0 saturated carbocycles. The van der Waals surface area contributed by atoms with Gasteiger partial charge in [0.25, 0.3) is 0 Å². The third kappa shape index (κ3) is 4.05. The maximum atomic E-state index is 12.9. The largest absolute Gasteiger partial charge is 0.494 e. The van der Waals surface area contributed by atoms with Crippen LogP contribution in [0.25, 0.3) is 10.2 Å². The van der Waals surface area contributed by atoms with Crippen molar-refractivity contribution >= 4 is 31.6 Å². The molecular formula is C20H23N3O3S2. The number of benzene rings is 2. The van der Waals surface area contributed by atoms with Crippen LogP contribution < -0.4 is 4.74 Å². The predicted octanol–water partition coefficient (Wildman–Crippen LogP) is 3.20. The summed E-state index contributed by atoms with van der Waals surface area (Å²) in [6.45, 7) is 5.59. The van der Waals surface area contributed by atoms with E-state index in [0.717, 1.165) is 17.1 Å². The Labute approximate surface area is 169 Å². The van der Waals surface area contributed by atoms with Gasteiger partial charge >= 0.3 is 0 Å². The minimum Gasteiger partial charge on any atom is -0.494 e. The zero-order valence-electron chi connectivity index (χ0n) is 15.7. The highest BCUT2D eigenvalue weighted by atomic mass is 32.2. The van der Waals surface area contributed by atoms with E-state index in [1.54, 1.807) is 39.9 Å². The monoisotopic (exact) mass is 417 g/mol. The number of para-hydroxylation sites is 1. The van der Waals surface area contributed by atoms with E-state index in [9.17, 15) is 8.42 Å². The third-order valence-electron chi connectivity index (χ3n) is 4.80. The topological polar surface area (TPSA) is 62.7 Å². The summed E-state index contributed by atoms with van der Waals surface area (Å²) in [4.78, 5) is 7.26. The van der Waals surface area contributed by atoms with Crippen LogP contribution in [0.2, 0.25) is 0 Å². The average Bonchev–Trinajstić information content (AvgIpc) is 3.11. The molecular weight excluding hydrogens is 394 g/mol. The first-order valence-electron chi connectivity index (χ1n) is 9.36. The van der Waals surface area contributed by atoms with Gasteiger partial charge in [0.2, 0.25) is 10.0 Å². The smallest absolute Gasteiger partial charge is 0.243 e. The second-order valence-corrected chi connectivity index (χ2v) is 9.71. The highest BCUT2D eigenvalue weighted by Gasteiger charge is 2.28. The fourth-order valence-corrected chi connectivity index (χ4v) is 5.76. The fourth-order valence-electron chi connectivity index (χ4n) is 3.33. The SMILES string of the molecule is CCOc1ccc(S(=O)(=O)N2CCN(Cc3nc4ccccc4s3)CC2)cc1. The maximum Gasteiger partial charge on any atom is 0.243 e. The first-order valence-corrected chi connectivity index (χ1v) is 11.6. The number of thiazole rings is 1. The van der Waals surface area contributed by atoms with Gasteiger partial charge in [-0.1, -0.05) is 12.1 Å². The van der Waals surface area contributed by atoms with E-state index in [-0.39, 0.29) is 0 Å². The lowest BCUT2D eigenvalue weighted by Crippen LogP contribution is -2.48. The van der Waals surface area contributed by atoms with Gasteiger partial charge in [0, 0.05) is 26.2 Å². The highest BCUT2D eigenvalue weighted by molar-refractivity contribution is 7.89. The standard InChI is InChI=1S/C20H23N3O3S2/c1-2-26-16-7-9-17(10-8-16)28(24,25)23-13-11-22(12-14-23)15-20-21-18-5-3-4-6-19(18)27-20/h3-10H,2,11-15H2,1H3. The molecule has 0 bridgehead atoms. The second-order valence-electron chi connectivity index (χ2n) is 6.66. The molecule has 0 atom stereocenters. The molecule has 0 radical (unpaired) electrons. The zero-order valence-corrected chi connectivity index (χ0v) is 17.4. The molecule has 1 aliphatic heterocycles. The van der Waals surface area contributed by atoms with Crippen molar-refractivity contribution in [2.75, 3.05) is 32.8 Å². The van der Waals surface area contributed by atoms with Gasteiger partial charge in [-0.15, -0.1) is 11.3 Å². The number of piperazine rings is 1. The van der Waals surface area contributed by atoms with Crippen molar-refractivity contribution in [3.05, 3.63) is 53.5 Å². The van der Waals surface area contributed by atoms with Gasteiger partial charge in [-0.3, -0.25) is 4.90 Å². The highest BCUT2D eigenvalue weighted by Crippen LogP contribution is 2.24. The van der Waals surface area contributed by atoms with E-state index in [1.807, 2.05) is 25.1 Å². The number of hydrogen-bond donors (Lipinski definition) is 0. The van der Waals surface area contributed by atoms with E-state index in [0.29, 0.717) is 43.4 Å². The molecule has 1 fully saturated rings. The molecule has 2 aromatic carbocycles. The molecule has 1 saturated heterocycles. The minimum atomic E-state index is -3.47. The fraction of sp³-hybridized carbons (Fsp3) is 0.350. The lowest BCUT2D eigenvalue weighted by atomic mass is 10.3. The number of fused-ring (bicyclic) bond motifs is 1. The number of sulfonamides is 1. The van der Waals surface area contributed by atoms with Crippen molar-refractivity contribution in [3.63, 3.8) is 0 Å². The summed E-state index contributed by atoms with van der Waals surface area (Å²) >= 11 is 1.70. The van der Waals surface area contributed by atoms with E-state index in [2.05, 4.69) is 16.0 Å². The summed E-state index contributed by atoms with van der Waals surface area (Å²) in [7, 11) is -3.47. The van der Waals surface area contributed by atoms with Crippen molar-refractivity contribution in [2.45, 2.75) is 18.4 Å². The van der Waals surface area contributed by atoms with Crippen molar-refractivity contribution in [1.82, 2.24) is 14.2 Å². The second kappa shape index (κ2) is 8.16. The molecule has 0 N–H and O–H groups in total. The Morgan fingerprint density at radius 1 is 1.04 bits per heavy atom. The van der Waals surface area contributed by atoms with Crippen LogP contribution in [0.1, 0.15) is 11.9 Å². The van der Waals surface area contributed by atoms with Gasteiger partial charge in [0.15, 0.2) is 0 Å². The summed E-state index contributed by atoms with van der Waals surface area (Å²) in [6.07, 6.45) is 0. The Morgan fingerprint density at radius 2 is 1.75 bits per heavy atom. The Hall–Kier alpha value is -2.00. The van der Waals surface area contributed by atoms with E-state index >= 15 is 0 Å². The number of hydrogen-bond acceptors (Lipinski definition) is 6. The van der Waals surface area contributed by atoms with Crippen LogP contribution in [0.3, 0.4) is 0 Å². The maximum absolute atomic E-state index is 12.9. The van der Waals surface area contributed by atoms with Gasteiger partial charge < -0.3 is 4.74 Å². The third-order valence-corrected chi connectivity index (χ3v) is 7.73. The molecule has 4 rings (SSSR count). The Balaban J connectivity index is 1.38. The molecule has 28 heavy (non-hydrogen) atoms. The Morgan fingerprint density at radius 3 is 2.43 bits per heavy atom. The molecule has 0 spiro atoms. The first kappa shape index (κ1) is 19.3. The summed E-state index contributed by atoms with van der Waals surface area (Å²) < 4.78 is 33.9. The normalized spacial score (nSPS) is 16.5. The average molecular weight is 418 g/mol. The molecule has 0 aliphatic carbocycles. The molecule has 1 aliphatic rings. The molecule has 1 aromatic heterocycles. The molecule has 148 valence electrons. The summed E-state index contributed by atoms with van der Waals surface area (Å²) in [5.41, 5.74) is 1.03. The molecule has 3 aromatic rings. The van der Waals surface area contributed by atoms with Crippen molar-refractivity contribution < 1.29 is 13.2 Å². The van der Waals surface area contributed by atoms with Crippen molar-refractivity contribution in [1.29, 1.82) is 0 Å². The quantitative estimate of drug-likeness (QED) is 0.616. The number of nitrogens with zero attached hydrogens (tertiary/aromatic N) is 3. The van der Waals surface area contributed by atoms with E-state index in [1.165, 1.54) is 4.70 Å². The molecule has 6 nitrogen and oxygen atoms in total. The lowest BCUT2D eigenvalue weighted by molar-refractivity contribution is 0.181. The zero-order chi connectivity index (χ0) is 19.6. The number of rotatable bonds is 6. The van der Waals surface area contributed by atoms with Crippen molar-refractivity contribution in [2.24, 2.45) is 0 Å². The summed E-state index contributed by atoms with van der Waals surface area (Å²) in [5, 5.41) is 1.07. The summed E-state index contributed by atoms with van der Waals surface area (Å²) in [6, 6.07) is 14.8. The first-order chi connectivity index (χ1) is 13.6. The Bertz CT molecular complexity index is 1010. The van der Waals surface area contributed by atoms with Crippen LogP contribution in [0.4, 0.5) is 0 Å². The summed E-state index contributed by atoms with van der Waals surface area (Å²) in [5.74, 6) is 0.683. The van der Waals surface area contributed by atoms with Crippen LogP contribution >= 0.6 is 11.3 Å². The van der Waals surface area contributed by atoms with Crippen LogP contribution in [0.5, 0.6) is 5.75 Å². The molecule has 8 heteroatoms. The lowest BCUT2D eigenvalue weighted by Gasteiger charge is -2.33. The van der Waals surface area contributed by atoms with Crippen LogP contribution in [0, 0.1) is 0 Å². The van der Waals surface area contributed by atoms with Gasteiger partial charge in [-0.05, 0) is 43.3 Å². The number of aromatic nitrogens is 1. The van der Waals surface area contributed by atoms with Gasteiger partial charge in [0.05, 0.1) is 28.3 Å². The minimum absolute atomic E-state index is 0.315. The van der Waals surface area contributed by atoms with Gasteiger partial charge in [-0.2, -0.15) is 4.31 Å². The van der Waals surface area contributed by atoms with Gasteiger partial charge in [0.1, 0.15) is 10.8 Å². The van der Waals surface area contributed by atoms with Crippen LogP contribution in [-0.2, 0) is 16.6 Å².